The number of aromatic nitrogens is 3. The average Bonchev–Trinajstić information content (AvgIpc) is 3.02. The summed E-state index contributed by atoms with van der Waals surface area (Å²) in [5, 5.41) is 10.8. The molecule has 3 heterocycles. The van der Waals surface area contributed by atoms with Crippen LogP contribution in [0.3, 0.4) is 0 Å². The molecule has 1 atom stereocenters. The van der Waals surface area contributed by atoms with Gasteiger partial charge in [-0.05, 0) is 70.2 Å². The maximum Gasteiger partial charge on any atom is 0.233 e. The number of rotatable bonds is 3. The quantitative estimate of drug-likeness (QED) is 0.634. The molecule has 0 spiro atoms. The third kappa shape index (κ3) is 3.31. The molecule has 1 aliphatic heterocycles. The molecule has 1 amide bonds. The van der Waals surface area contributed by atoms with Crippen LogP contribution < -0.4 is 0 Å². The van der Waals surface area contributed by atoms with Crippen molar-refractivity contribution in [2.75, 3.05) is 12.3 Å². The molecule has 6 heteroatoms. The van der Waals surface area contributed by atoms with Crippen molar-refractivity contribution in [1.82, 2.24) is 19.5 Å². The first-order valence-electron chi connectivity index (χ1n) is 9.63. The van der Waals surface area contributed by atoms with E-state index in [1.165, 1.54) is 40.3 Å². The Labute approximate surface area is 164 Å². The minimum atomic E-state index is 0.202. The van der Waals surface area contributed by atoms with Gasteiger partial charge in [0.1, 0.15) is 0 Å². The van der Waals surface area contributed by atoms with E-state index in [9.17, 15) is 4.79 Å². The highest BCUT2D eigenvalue weighted by atomic mass is 32.2. The van der Waals surface area contributed by atoms with Gasteiger partial charge in [0.2, 0.25) is 5.91 Å². The zero-order chi connectivity index (χ0) is 19.1. The summed E-state index contributed by atoms with van der Waals surface area (Å²) in [7, 11) is 0. The first kappa shape index (κ1) is 18.3. The van der Waals surface area contributed by atoms with Crippen LogP contribution in [0.1, 0.15) is 42.9 Å². The van der Waals surface area contributed by atoms with Gasteiger partial charge in [0, 0.05) is 18.0 Å². The number of likely N-dealkylation sites (tertiary alicyclic amines) is 1. The van der Waals surface area contributed by atoms with E-state index in [0.717, 1.165) is 35.7 Å². The standard InChI is InChI=1S/C21H26N4OS/c1-13-9-15(3)20-17(10-13)14(2)11-18-22-23-21(25(18)20)27-12-19(26)24-8-6-5-7-16(24)4/h9-11,16H,5-8,12H2,1-4H3. The minimum Gasteiger partial charge on any atom is -0.339 e. The van der Waals surface area contributed by atoms with Crippen molar-refractivity contribution in [2.45, 2.75) is 58.2 Å². The summed E-state index contributed by atoms with van der Waals surface area (Å²) < 4.78 is 2.11. The van der Waals surface area contributed by atoms with Gasteiger partial charge in [-0.1, -0.05) is 23.4 Å². The number of aryl methyl sites for hydroxylation is 3. The zero-order valence-corrected chi connectivity index (χ0v) is 17.3. The van der Waals surface area contributed by atoms with Gasteiger partial charge in [0.15, 0.2) is 10.8 Å². The van der Waals surface area contributed by atoms with Crippen LogP contribution >= 0.6 is 11.8 Å². The van der Waals surface area contributed by atoms with Gasteiger partial charge in [-0.3, -0.25) is 9.20 Å². The molecule has 0 radical (unpaired) electrons. The summed E-state index contributed by atoms with van der Waals surface area (Å²) in [6, 6.07) is 6.82. The summed E-state index contributed by atoms with van der Waals surface area (Å²) in [4.78, 5) is 14.7. The van der Waals surface area contributed by atoms with Crippen molar-refractivity contribution >= 4 is 34.2 Å². The van der Waals surface area contributed by atoms with Crippen LogP contribution in [0.2, 0.25) is 0 Å². The molecule has 1 unspecified atom stereocenters. The van der Waals surface area contributed by atoms with Gasteiger partial charge in [-0.25, -0.2) is 0 Å². The Balaban J connectivity index is 1.68. The zero-order valence-electron chi connectivity index (χ0n) is 16.5. The van der Waals surface area contributed by atoms with E-state index >= 15 is 0 Å². The predicted octanol–water partition coefficient (Wildman–Crippen LogP) is 4.30. The lowest BCUT2D eigenvalue weighted by atomic mass is 10.0. The molecule has 1 aliphatic rings. The Morgan fingerprint density at radius 3 is 2.74 bits per heavy atom. The normalized spacial score (nSPS) is 17.8. The fourth-order valence-electron chi connectivity index (χ4n) is 4.19. The van der Waals surface area contributed by atoms with Crippen LogP contribution in [0.15, 0.2) is 23.4 Å². The Morgan fingerprint density at radius 1 is 1.15 bits per heavy atom. The highest BCUT2D eigenvalue weighted by molar-refractivity contribution is 7.99. The number of hydrogen-bond acceptors (Lipinski definition) is 4. The van der Waals surface area contributed by atoms with Crippen LogP contribution in [-0.4, -0.2) is 43.7 Å². The molecule has 0 N–H and O–H groups in total. The van der Waals surface area contributed by atoms with Gasteiger partial charge in [-0.15, -0.1) is 10.2 Å². The van der Waals surface area contributed by atoms with E-state index in [-0.39, 0.29) is 5.91 Å². The van der Waals surface area contributed by atoms with Gasteiger partial charge >= 0.3 is 0 Å². The SMILES string of the molecule is Cc1cc(C)c2c(c1)c(C)cc1nnc(SCC(=O)N3CCCCC3C)n12. The van der Waals surface area contributed by atoms with E-state index in [2.05, 4.69) is 60.5 Å². The highest BCUT2D eigenvalue weighted by Gasteiger charge is 2.24. The summed E-state index contributed by atoms with van der Waals surface area (Å²) in [6.45, 7) is 9.39. The number of carbonyl (C=O) groups excluding carboxylic acids is 1. The van der Waals surface area contributed by atoms with Crippen molar-refractivity contribution in [3.63, 3.8) is 0 Å². The number of pyridine rings is 1. The van der Waals surface area contributed by atoms with Crippen molar-refractivity contribution in [3.05, 3.63) is 34.9 Å². The maximum atomic E-state index is 12.7. The number of piperidine rings is 1. The monoisotopic (exact) mass is 382 g/mol. The largest absolute Gasteiger partial charge is 0.339 e. The lowest BCUT2D eigenvalue weighted by Gasteiger charge is -2.33. The number of fused-ring (bicyclic) bond motifs is 3. The molecule has 3 aromatic rings. The molecule has 1 saturated heterocycles. The van der Waals surface area contributed by atoms with Crippen molar-refractivity contribution < 1.29 is 4.79 Å². The number of nitrogens with zero attached hydrogens (tertiary/aromatic N) is 4. The maximum absolute atomic E-state index is 12.7. The minimum absolute atomic E-state index is 0.202. The highest BCUT2D eigenvalue weighted by Crippen LogP contribution is 2.29. The molecule has 27 heavy (non-hydrogen) atoms. The van der Waals surface area contributed by atoms with Crippen LogP contribution in [0.5, 0.6) is 0 Å². The van der Waals surface area contributed by atoms with Crippen molar-refractivity contribution in [1.29, 1.82) is 0 Å². The lowest BCUT2D eigenvalue weighted by Crippen LogP contribution is -2.42. The Hall–Kier alpha value is -2.08. The van der Waals surface area contributed by atoms with Crippen LogP contribution in [0.4, 0.5) is 0 Å². The average molecular weight is 383 g/mol. The molecule has 0 bridgehead atoms. The van der Waals surface area contributed by atoms with Crippen molar-refractivity contribution in [3.8, 4) is 0 Å². The smallest absolute Gasteiger partial charge is 0.233 e. The van der Waals surface area contributed by atoms with Crippen molar-refractivity contribution in [2.24, 2.45) is 0 Å². The number of thioether (sulfide) groups is 1. The molecule has 1 fully saturated rings. The molecule has 1 aromatic carbocycles. The number of benzene rings is 1. The third-order valence-electron chi connectivity index (χ3n) is 5.55. The molecule has 0 aliphatic carbocycles. The Morgan fingerprint density at radius 2 is 1.96 bits per heavy atom. The second-order valence-corrected chi connectivity index (χ2v) is 8.64. The lowest BCUT2D eigenvalue weighted by molar-refractivity contribution is -0.131. The summed E-state index contributed by atoms with van der Waals surface area (Å²) >= 11 is 1.49. The number of amides is 1. The van der Waals surface area contributed by atoms with Crippen LogP contribution in [0, 0.1) is 20.8 Å². The third-order valence-corrected chi connectivity index (χ3v) is 6.46. The molecule has 0 saturated carbocycles. The molecule has 142 valence electrons. The molecule has 2 aromatic heterocycles. The van der Waals surface area contributed by atoms with Gasteiger partial charge in [-0.2, -0.15) is 0 Å². The van der Waals surface area contributed by atoms with E-state index in [1.54, 1.807) is 0 Å². The topological polar surface area (TPSA) is 50.5 Å². The van der Waals surface area contributed by atoms with Gasteiger partial charge < -0.3 is 4.90 Å². The summed E-state index contributed by atoms with van der Waals surface area (Å²) in [6.07, 6.45) is 3.43. The summed E-state index contributed by atoms with van der Waals surface area (Å²) in [5.74, 6) is 0.610. The fraction of sp³-hybridized carbons (Fsp3) is 0.476. The molecular formula is C21H26N4OS. The van der Waals surface area contributed by atoms with Crippen LogP contribution in [-0.2, 0) is 4.79 Å². The van der Waals surface area contributed by atoms with Crippen LogP contribution in [0.25, 0.3) is 16.6 Å². The van der Waals surface area contributed by atoms with Gasteiger partial charge in [0.25, 0.3) is 0 Å². The fourth-order valence-corrected chi connectivity index (χ4v) is 5.02. The summed E-state index contributed by atoms with van der Waals surface area (Å²) in [5.41, 5.74) is 5.64. The first-order chi connectivity index (χ1) is 13.0. The van der Waals surface area contributed by atoms with Gasteiger partial charge in [0.05, 0.1) is 11.3 Å². The Bertz CT molecular complexity index is 1030. The molecule has 4 rings (SSSR count). The second-order valence-electron chi connectivity index (χ2n) is 7.70. The molecule has 5 nitrogen and oxygen atoms in total. The van der Waals surface area contributed by atoms with E-state index < -0.39 is 0 Å². The Kier molecular flexibility index (Phi) is 4.84. The number of carbonyl (C=O) groups is 1. The molecular weight excluding hydrogens is 356 g/mol. The van der Waals surface area contributed by atoms with E-state index in [1.807, 2.05) is 4.90 Å². The number of hydrogen-bond donors (Lipinski definition) is 0. The second kappa shape index (κ2) is 7.15. The van der Waals surface area contributed by atoms with E-state index in [0.29, 0.717) is 11.8 Å². The first-order valence-corrected chi connectivity index (χ1v) is 10.6. The van der Waals surface area contributed by atoms with E-state index in [4.69, 9.17) is 0 Å². The predicted molar refractivity (Wildman–Crippen MR) is 110 cm³/mol.